The molecule has 1 spiro atoms. The van der Waals surface area contributed by atoms with Crippen LogP contribution in [-0.4, -0.2) is 71.3 Å². The zero-order valence-electron chi connectivity index (χ0n) is 14.7. The molecular weight excluding hydrogens is 318 g/mol. The highest BCUT2D eigenvalue weighted by molar-refractivity contribution is 5.44. The van der Waals surface area contributed by atoms with E-state index in [9.17, 15) is 0 Å². The Kier molecular flexibility index (Phi) is 4.70. The van der Waals surface area contributed by atoms with Crippen LogP contribution >= 0.6 is 0 Å². The lowest BCUT2D eigenvalue weighted by Crippen LogP contribution is -2.58. The lowest BCUT2D eigenvalue weighted by atomic mass is 10.0. The van der Waals surface area contributed by atoms with Gasteiger partial charge in [0.2, 0.25) is 0 Å². The molecule has 25 heavy (non-hydrogen) atoms. The molecule has 2 aromatic heterocycles. The number of morpholine rings is 1. The van der Waals surface area contributed by atoms with Gasteiger partial charge < -0.3 is 14.4 Å². The number of hydrogen-bond acceptors (Lipinski definition) is 6. The highest BCUT2D eigenvalue weighted by Crippen LogP contribution is 2.26. The van der Waals surface area contributed by atoms with Crippen LogP contribution < -0.4 is 4.90 Å². The first-order valence-corrected chi connectivity index (χ1v) is 8.79. The molecular formula is C18H25N5O2. The molecule has 0 saturated carbocycles. The third kappa shape index (κ3) is 3.84. The molecule has 7 nitrogen and oxygen atoms in total. The van der Waals surface area contributed by atoms with E-state index >= 15 is 0 Å². The van der Waals surface area contributed by atoms with Crippen LogP contribution in [0.25, 0.3) is 0 Å². The fraction of sp³-hybridized carbons (Fsp3) is 0.556. The van der Waals surface area contributed by atoms with Gasteiger partial charge in [0, 0.05) is 51.2 Å². The number of anilines is 1. The zero-order chi connectivity index (χ0) is 17.1. The van der Waals surface area contributed by atoms with Crippen molar-refractivity contribution in [3.8, 4) is 0 Å². The van der Waals surface area contributed by atoms with Crippen molar-refractivity contribution in [3.63, 3.8) is 0 Å². The van der Waals surface area contributed by atoms with Gasteiger partial charge in [-0.15, -0.1) is 0 Å². The smallest absolute Gasteiger partial charge is 0.121 e. The van der Waals surface area contributed by atoms with Crippen LogP contribution in [0.2, 0.25) is 0 Å². The molecule has 2 saturated heterocycles. The van der Waals surface area contributed by atoms with E-state index < -0.39 is 0 Å². The third-order valence-corrected chi connectivity index (χ3v) is 4.85. The molecule has 4 heterocycles. The van der Waals surface area contributed by atoms with Gasteiger partial charge in [-0.1, -0.05) is 0 Å². The van der Waals surface area contributed by atoms with Crippen molar-refractivity contribution in [1.82, 2.24) is 19.7 Å². The Labute approximate surface area is 148 Å². The molecule has 134 valence electrons. The summed E-state index contributed by atoms with van der Waals surface area (Å²) in [6, 6.07) is 4.08. The Balaban J connectivity index is 1.48. The predicted octanol–water partition coefficient (Wildman–Crippen LogP) is 0.923. The van der Waals surface area contributed by atoms with E-state index in [2.05, 4.69) is 32.1 Å². The second kappa shape index (κ2) is 7.11. The van der Waals surface area contributed by atoms with E-state index in [-0.39, 0.29) is 5.60 Å². The number of aromatic nitrogens is 3. The molecule has 0 aromatic carbocycles. The molecule has 0 N–H and O–H groups in total. The Morgan fingerprint density at radius 2 is 2.16 bits per heavy atom. The van der Waals surface area contributed by atoms with Crippen LogP contribution in [0.1, 0.15) is 5.56 Å². The fourth-order valence-corrected chi connectivity index (χ4v) is 3.72. The van der Waals surface area contributed by atoms with E-state index in [1.165, 1.54) is 5.56 Å². The van der Waals surface area contributed by atoms with E-state index in [1.54, 1.807) is 6.20 Å². The number of nitrogens with zero attached hydrogens (tertiary/aromatic N) is 5. The molecule has 1 unspecified atom stereocenters. The highest BCUT2D eigenvalue weighted by Gasteiger charge is 2.40. The maximum atomic E-state index is 6.26. The minimum atomic E-state index is -0.299. The van der Waals surface area contributed by atoms with Gasteiger partial charge in [0.1, 0.15) is 5.60 Å². The molecule has 2 aliphatic rings. The number of rotatable bonds is 3. The van der Waals surface area contributed by atoms with Crippen molar-refractivity contribution in [3.05, 3.63) is 42.5 Å². The van der Waals surface area contributed by atoms with E-state index in [0.29, 0.717) is 13.2 Å². The van der Waals surface area contributed by atoms with Crippen molar-refractivity contribution >= 4 is 5.69 Å². The van der Waals surface area contributed by atoms with Crippen molar-refractivity contribution in [2.24, 2.45) is 7.05 Å². The van der Waals surface area contributed by atoms with Gasteiger partial charge in [0.15, 0.2) is 0 Å². The standard InChI is InChI=1S/C18H25N5O2/c1-21-11-16(9-20-21)12-22-5-8-25-18(13-22)14-23(6-7-24-15-18)17-3-2-4-19-10-17/h2-4,9-11H,5-8,12-15H2,1H3. The molecule has 2 aromatic rings. The summed E-state index contributed by atoms with van der Waals surface area (Å²) < 4.78 is 14.0. The average molecular weight is 343 g/mol. The number of ether oxygens (including phenoxy) is 2. The second-order valence-electron chi connectivity index (χ2n) is 6.95. The predicted molar refractivity (Wildman–Crippen MR) is 94.4 cm³/mol. The summed E-state index contributed by atoms with van der Waals surface area (Å²) in [4.78, 5) is 9.02. The summed E-state index contributed by atoms with van der Waals surface area (Å²) in [5.41, 5.74) is 2.06. The quantitative estimate of drug-likeness (QED) is 0.826. The average Bonchev–Trinajstić information content (AvgIpc) is 2.92. The topological polar surface area (TPSA) is 55.6 Å². The minimum absolute atomic E-state index is 0.299. The van der Waals surface area contributed by atoms with Gasteiger partial charge in [-0.2, -0.15) is 5.10 Å². The lowest BCUT2D eigenvalue weighted by molar-refractivity contribution is -0.134. The third-order valence-electron chi connectivity index (χ3n) is 4.85. The van der Waals surface area contributed by atoms with Crippen molar-refractivity contribution < 1.29 is 9.47 Å². The Bertz CT molecular complexity index is 692. The number of hydrogen-bond donors (Lipinski definition) is 0. The van der Waals surface area contributed by atoms with Crippen molar-refractivity contribution in [2.75, 3.05) is 50.9 Å². The zero-order valence-corrected chi connectivity index (χ0v) is 14.7. The minimum Gasteiger partial charge on any atom is -0.376 e. The summed E-state index contributed by atoms with van der Waals surface area (Å²) in [5, 5.41) is 4.27. The van der Waals surface area contributed by atoms with E-state index in [1.807, 2.05) is 30.2 Å². The monoisotopic (exact) mass is 343 g/mol. The lowest BCUT2D eigenvalue weighted by Gasteiger charge is -2.43. The first-order valence-electron chi connectivity index (χ1n) is 8.79. The molecule has 4 rings (SSSR count). The Morgan fingerprint density at radius 1 is 1.20 bits per heavy atom. The Hall–Kier alpha value is -1.96. The van der Waals surface area contributed by atoms with Gasteiger partial charge >= 0.3 is 0 Å². The SMILES string of the molecule is Cn1cc(CN2CCOC3(COCCN(c4cccnc4)C3)C2)cn1. The molecule has 7 heteroatoms. The molecule has 0 amide bonds. The summed E-state index contributed by atoms with van der Waals surface area (Å²) in [7, 11) is 1.95. The van der Waals surface area contributed by atoms with Crippen LogP contribution in [-0.2, 0) is 23.1 Å². The second-order valence-corrected chi connectivity index (χ2v) is 6.95. The van der Waals surface area contributed by atoms with Crippen LogP contribution in [0.4, 0.5) is 5.69 Å². The molecule has 0 bridgehead atoms. The van der Waals surface area contributed by atoms with Gasteiger partial charge in [0.25, 0.3) is 0 Å². The van der Waals surface area contributed by atoms with Gasteiger partial charge in [-0.3, -0.25) is 14.6 Å². The van der Waals surface area contributed by atoms with Gasteiger partial charge in [-0.25, -0.2) is 0 Å². The summed E-state index contributed by atoms with van der Waals surface area (Å²) in [6.07, 6.45) is 7.73. The molecule has 0 radical (unpaired) electrons. The molecule has 2 fully saturated rings. The summed E-state index contributed by atoms with van der Waals surface area (Å²) in [5.74, 6) is 0. The largest absolute Gasteiger partial charge is 0.376 e. The maximum absolute atomic E-state index is 6.26. The van der Waals surface area contributed by atoms with Crippen LogP contribution in [0, 0.1) is 0 Å². The molecule has 0 aliphatic carbocycles. The van der Waals surface area contributed by atoms with Gasteiger partial charge in [-0.05, 0) is 12.1 Å². The van der Waals surface area contributed by atoms with Crippen molar-refractivity contribution in [2.45, 2.75) is 12.1 Å². The number of aryl methyl sites for hydroxylation is 1. The molecule has 2 aliphatic heterocycles. The van der Waals surface area contributed by atoms with Crippen molar-refractivity contribution in [1.29, 1.82) is 0 Å². The fourth-order valence-electron chi connectivity index (χ4n) is 3.72. The van der Waals surface area contributed by atoms with Crippen LogP contribution in [0.5, 0.6) is 0 Å². The van der Waals surface area contributed by atoms with E-state index in [4.69, 9.17) is 9.47 Å². The molecule has 1 atom stereocenters. The number of pyridine rings is 1. The Morgan fingerprint density at radius 3 is 2.96 bits per heavy atom. The highest BCUT2D eigenvalue weighted by atomic mass is 16.5. The first kappa shape index (κ1) is 16.5. The van der Waals surface area contributed by atoms with E-state index in [0.717, 1.165) is 45.0 Å². The maximum Gasteiger partial charge on any atom is 0.121 e. The summed E-state index contributed by atoms with van der Waals surface area (Å²) in [6.45, 7) is 6.44. The van der Waals surface area contributed by atoms with Crippen LogP contribution in [0.15, 0.2) is 36.9 Å². The normalized spacial score (nSPS) is 25.2. The first-order chi connectivity index (χ1) is 12.2. The van der Waals surface area contributed by atoms with Crippen LogP contribution in [0.3, 0.4) is 0 Å². The summed E-state index contributed by atoms with van der Waals surface area (Å²) >= 11 is 0. The van der Waals surface area contributed by atoms with Gasteiger partial charge in [0.05, 0.1) is 44.4 Å².